The van der Waals surface area contributed by atoms with Crippen molar-refractivity contribution < 1.29 is 14.6 Å². The van der Waals surface area contributed by atoms with Crippen LogP contribution in [0, 0.1) is 0 Å². The first-order valence-electron chi connectivity index (χ1n) is 9.67. The van der Waals surface area contributed by atoms with Crippen LogP contribution in [0.1, 0.15) is 18.3 Å². The lowest BCUT2D eigenvalue weighted by molar-refractivity contribution is -0.120. The summed E-state index contributed by atoms with van der Waals surface area (Å²) in [4.78, 5) is 12.4. The van der Waals surface area contributed by atoms with Gasteiger partial charge >= 0.3 is 0 Å². The van der Waals surface area contributed by atoms with E-state index < -0.39 is 5.25 Å². The Labute approximate surface area is 195 Å². The molecule has 0 saturated heterocycles. The molecule has 0 aliphatic rings. The molecular formula is C22H22ClN5O3S. The summed E-state index contributed by atoms with van der Waals surface area (Å²) in [5, 5.41) is 22.6. The molecule has 3 aromatic rings. The molecule has 2 N–H and O–H groups in total. The van der Waals surface area contributed by atoms with Crippen molar-refractivity contribution in [3.8, 4) is 11.5 Å². The van der Waals surface area contributed by atoms with Crippen LogP contribution in [0.5, 0.6) is 11.5 Å². The van der Waals surface area contributed by atoms with Crippen LogP contribution >= 0.6 is 23.4 Å². The Morgan fingerprint density at radius 2 is 2.12 bits per heavy atom. The molecule has 1 heterocycles. The van der Waals surface area contributed by atoms with E-state index in [-0.39, 0.29) is 18.3 Å². The van der Waals surface area contributed by atoms with Crippen molar-refractivity contribution in [3.63, 3.8) is 0 Å². The number of aromatic hydroxyl groups is 1. The van der Waals surface area contributed by atoms with Crippen LogP contribution in [0.25, 0.3) is 0 Å². The van der Waals surface area contributed by atoms with Gasteiger partial charge in [-0.15, -0.1) is 16.8 Å². The molecule has 32 heavy (non-hydrogen) atoms. The lowest BCUT2D eigenvalue weighted by atomic mass is 10.2. The van der Waals surface area contributed by atoms with Crippen LogP contribution in [-0.4, -0.2) is 37.2 Å². The topological polar surface area (TPSA) is 102 Å². The number of hydrogen-bond acceptors (Lipinski definition) is 7. The molecule has 0 aliphatic heterocycles. The highest BCUT2D eigenvalue weighted by molar-refractivity contribution is 8.00. The van der Waals surface area contributed by atoms with E-state index in [9.17, 15) is 9.90 Å². The molecule has 0 fully saturated rings. The Bertz CT molecular complexity index is 1100. The second-order valence-electron chi connectivity index (χ2n) is 6.60. The van der Waals surface area contributed by atoms with E-state index in [1.165, 1.54) is 24.0 Å². The van der Waals surface area contributed by atoms with Gasteiger partial charge in [0.2, 0.25) is 0 Å². The highest BCUT2D eigenvalue weighted by Gasteiger charge is 2.20. The zero-order valence-corrected chi connectivity index (χ0v) is 18.9. The fourth-order valence-corrected chi connectivity index (χ4v) is 3.64. The van der Waals surface area contributed by atoms with Gasteiger partial charge in [0, 0.05) is 17.1 Å². The van der Waals surface area contributed by atoms with Crippen LogP contribution in [-0.2, 0) is 17.9 Å². The number of hydrogen-bond donors (Lipinski definition) is 2. The number of rotatable bonds is 10. The van der Waals surface area contributed by atoms with Gasteiger partial charge in [0.15, 0.2) is 11.0 Å². The van der Waals surface area contributed by atoms with Crippen molar-refractivity contribution in [2.45, 2.75) is 30.5 Å². The van der Waals surface area contributed by atoms with Crippen molar-refractivity contribution in [1.29, 1.82) is 0 Å². The van der Waals surface area contributed by atoms with Crippen LogP contribution < -0.4 is 10.2 Å². The first kappa shape index (κ1) is 23.4. The normalized spacial score (nSPS) is 11.9. The number of para-hydroxylation sites is 1. The minimum atomic E-state index is -0.504. The van der Waals surface area contributed by atoms with Gasteiger partial charge in [0.05, 0.1) is 11.5 Å². The van der Waals surface area contributed by atoms with Gasteiger partial charge in [-0.25, -0.2) is 5.43 Å². The second kappa shape index (κ2) is 11.4. The molecule has 8 nitrogen and oxygen atoms in total. The molecule has 3 rings (SSSR count). The number of carbonyl (C=O) groups excluding carboxylic acids is 1. The highest BCUT2D eigenvalue weighted by Crippen LogP contribution is 2.23. The fourth-order valence-electron chi connectivity index (χ4n) is 2.59. The zero-order valence-electron chi connectivity index (χ0n) is 17.3. The van der Waals surface area contributed by atoms with Crippen LogP contribution in [0.3, 0.4) is 0 Å². The molecular weight excluding hydrogens is 450 g/mol. The monoisotopic (exact) mass is 471 g/mol. The number of halogens is 1. The van der Waals surface area contributed by atoms with Crippen molar-refractivity contribution >= 4 is 35.5 Å². The molecule has 0 unspecified atom stereocenters. The first-order valence-corrected chi connectivity index (χ1v) is 10.9. The number of aromatic nitrogens is 3. The summed E-state index contributed by atoms with van der Waals surface area (Å²) in [6.45, 7) is 6.22. The largest absolute Gasteiger partial charge is 0.507 e. The van der Waals surface area contributed by atoms with Crippen molar-refractivity contribution in [2.75, 3.05) is 0 Å². The number of amides is 1. The van der Waals surface area contributed by atoms with E-state index >= 15 is 0 Å². The van der Waals surface area contributed by atoms with E-state index in [1.54, 1.807) is 25.1 Å². The summed E-state index contributed by atoms with van der Waals surface area (Å²) >= 11 is 7.15. The molecule has 0 saturated carbocycles. The number of benzene rings is 2. The van der Waals surface area contributed by atoms with Gasteiger partial charge in [0.25, 0.3) is 5.91 Å². The fraction of sp³-hybridized carbons (Fsp3) is 0.182. The van der Waals surface area contributed by atoms with Gasteiger partial charge in [0.1, 0.15) is 18.1 Å². The van der Waals surface area contributed by atoms with Crippen LogP contribution in [0.15, 0.2) is 71.4 Å². The third-order valence-corrected chi connectivity index (χ3v) is 5.55. The van der Waals surface area contributed by atoms with E-state index in [4.69, 9.17) is 16.3 Å². The molecule has 166 valence electrons. The van der Waals surface area contributed by atoms with E-state index in [1.807, 2.05) is 34.9 Å². The standard InChI is InChI=1S/C22H22ClN5O3S/c1-3-11-28-20(14-31-18-7-5-4-6-8-18)25-27-22(28)32-15(2)21(30)26-24-13-16-12-17(23)9-10-19(16)29/h3-10,12-13,15,29H,1,11,14H2,2H3,(H,26,30)/t15-/m0/s1. The molecule has 0 bridgehead atoms. The number of carbonyl (C=O) groups is 1. The van der Waals surface area contributed by atoms with Gasteiger partial charge in [-0.1, -0.05) is 47.6 Å². The quantitative estimate of drug-likeness (QED) is 0.200. The minimum absolute atomic E-state index is 0.0117. The maximum atomic E-state index is 12.4. The van der Waals surface area contributed by atoms with Gasteiger partial charge in [-0.3, -0.25) is 9.36 Å². The lowest BCUT2D eigenvalue weighted by Gasteiger charge is -2.11. The molecule has 1 atom stereocenters. The summed E-state index contributed by atoms with van der Waals surface area (Å²) in [6, 6.07) is 14.0. The van der Waals surface area contributed by atoms with Crippen LogP contribution in [0.2, 0.25) is 5.02 Å². The molecule has 1 amide bonds. The van der Waals surface area contributed by atoms with E-state index in [0.29, 0.717) is 28.1 Å². The minimum Gasteiger partial charge on any atom is -0.507 e. The zero-order chi connectivity index (χ0) is 22.9. The summed E-state index contributed by atoms with van der Waals surface area (Å²) < 4.78 is 7.61. The summed E-state index contributed by atoms with van der Waals surface area (Å²) in [7, 11) is 0. The Morgan fingerprint density at radius 1 is 1.34 bits per heavy atom. The molecule has 10 heteroatoms. The predicted molar refractivity (Wildman–Crippen MR) is 125 cm³/mol. The molecule has 0 aliphatic carbocycles. The highest BCUT2D eigenvalue weighted by atomic mass is 35.5. The Hall–Kier alpha value is -3.30. The van der Waals surface area contributed by atoms with Crippen molar-refractivity contribution in [1.82, 2.24) is 20.2 Å². The Kier molecular flexibility index (Phi) is 8.29. The number of nitrogens with zero attached hydrogens (tertiary/aromatic N) is 4. The maximum absolute atomic E-state index is 12.4. The summed E-state index contributed by atoms with van der Waals surface area (Å²) in [6.07, 6.45) is 3.06. The Morgan fingerprint density at radius 3 is 2.88 bits per heavy atom. The maximum Gasteiger partial charge on any atom is 0.253 e. The van der Waals surface area contributed by atoms with E-state index in [0.717, 1.165) is 5.75 Å². The van der Waals surface area contributed by atoms with Gasteiger partial charge in [-0.05, 0) is 37.3 Å². The second-order valence-corrected chi connectivity index (χ2v) is 8.34. The molecule has 0 spiro atoms. The average Bonchev–Trinajstić information content (AvgIpc) is 3.16. The molecule has 0 radical (unpaired) electrons. The third kappa shape index (κ3) is 6.35. The molecule has 2 aromatic carbocycles. The van der Waals surface area contributed by atoms with Crippen molar-refractivity contribution in [3.05, 3.63) is 77.6 Å². The number of hydrazone groups is 1. The summed E-state index contributed by atoms with van der Waals surface area (Å²) in [5.74, 6) is 1.03. The lowest BCUT2D eigenvalue weighted by Crippen LogP contribution is -2.27. The van der Waals surface area contributed by atoms with Gasteiger partial charge < -0.3 is 9.84 Å². The Balaban J connectivity index is 1.61. The average molecular weight is 472 g/mol. The van der Waals surface area contributed by atoms with Crippen molar-refractivity contribution in [2.24, 2.45) is 5.10 Å². The number of phenols is 1. The summed E-state index contributed by atoms with van der Waals surface area (Å²) in [5.41, 5.74) is 2.85. The number of nitrogens with one attached hydrogen (secondary N) is 1. The number of ether oxygens (including phenoxy) is 1. The molecule has 1 aromatic heterocycles. The number of thioether (sulfide) groups is 1. The SMILES string of the molecule is C=CCn1c(COc2ccccc2)nnc1S[C@@H](C)C(=O)NN=Cc1cc(Cl)ccc1O. The number of allylic oxidation sites excluding steroid dienone is 1. The first-order chi connectivity index (χ1) is 15.5. The third-order valence-electron chi connectivity index (χ3n) is 4.24. The predicted octanol–water partition coefficient (Wildman–Crippen LogP) is 4.03. The van der Waals surface area contributed by atoms with E-state index in [2.05, 4.69) is 27.3 Å². The smallest absolute Gasteiger partial charge is 0.253 e. The van der Waals surface area contributed by atoms with Crippen LogP contribution in [0.4, 0.5) is 0 Å². The number of phenolic OH excluding ortho intramolecular Hbond substituents is 1. The van der Waals surface area contributed by atoms with Gasteiger partial charge in [-0.2, -0.15) is 5.10 Å².